The van der Waals surface area contributed by atoms with Crippen LogP contribution in [0.2, 0.25) is 0 Å². The van der Waals surface area contributed by atoms with Gasteiger partial charge in [0.15, 0.2) is 0 Å². The highest BCUT2D eigenvalue weighted by Gasteiger charge is 2.14. The summed E-state index contributed by atoms with van der Waals surface area (Å²) in [5.74, 6) is 0.783. The lowest BCUT2D eigenvalue weighted by molar-refractivity contribution is 0.0773. The molecule has 1 amide bonds. The minimum Gasteiger partial charge on any atom is -0.492 e. The predicted octanol–water partition coefficient (Wildman–Crippen LogP) is 2.73. The molecule has 0 bridgehead atoms. The van der Waals surface area contributed by atoms with Crippen molar-refractivity contribution in [1.82, 2.24) is 4.90 Å². The Balaban J connectivity index is 1.90. The molecule has 2 aromatic rings. The second-order valence-corrected chi connectivity index (χ2v) is 4.96. The molecule has 4 heteroatoms. The highest BCUT2D eigenvalue weighted by molar-refractivity contribution is 5.95. The third-order valence-corrected chi connectivity index (χ3v) is 3.27. The van der Waals surface area contributed by atoms with E-state index in [1.54, 1.807) is 24.1 Å². The van der Waals surface area contributed by atoms with Gasteiger partial charge >= 0.3 is 0 Å². The fourth-order valence-electron chi connectivity index (χ4n) is 2.05. The van der Waals surface area contributed by atoms with Crippen LogP contribution < -0.4 is 10.5 Å². The molecule has 0 heterocycles. The molecule has 0 unspecified atom stereocenters. The number of rotatable bonds is 5. The predicted molar refractivity (Wildman–Crippen MR) is 84.5 cm³/mol. The van der Waals surface area contributed by atoms with Crippen molar-refractivity contribution in [3.8, 4) is 5.75 Å². The zero-order valence-corrected chi connectivity index (χ0v) is 12.4. The number of nitrogens with zero attached hydrogens (tertiary/aromatic N) is 1. The first-order chi connectivity index (χ1) is 10.1. The number of nitrogens with two attached hydrogens (primary N) is 1. The number of likely N-dealkylation sites (N-methyl/N-ethyl adjacent to an activating group) is 1. The number of carbonyl (C=O) groups excluding carboxylic acids is 1. The second-order valence-electron chi connectivity index (χ2n) is 4.96. The van der Waals surface area contributed by atoms with Gasteiger partial charge in [-0.15, -0.1) is 0 Å². The monoisotopic (exact) mass is 284 g/mol. The highest BCUT2D eigenvalue weighted by Crippen LogP contribution is 2.14. The standard InChI is InChI=1S/C17H20N2O2/c1-13-12-14(18)8-9-16(13)17(20)19(2)10-11-21-15-6-4-3-5-7-15/h3-9,12H,10-11,18H2,1-2H3. The van der Waals surface area contributed by atoms with E-state index in [9.17, 15) is 4.79 Å². The van der Waals surface area contributed by atoms with Crippen molar-refractivity contribution < 1.29 is 9.53 Å². The summed E-state index contributed by atoms with van der Waals surface area (Å²) in [5.41, 5.74) is 7.93. The third-order valence-electron chi connectivity index (χ3n) is 3.27. The fraction of sp³-hybridized carbons (Fsp3) is 0.235. The first-order valence-corrected chi connectivity index (χ1v) is 6.87. The Labute approximate surface area is 125 Å². The molecule has 0 saturated carbocycles. The molecule has 0 radical (unpaired) electrons. The van der Waals surface area contributed by atoms with Crippen molar-refractivity contribution in [2.45, 2.75) is 6.92 Å². The Morgan fingerprint density at radius 1 is 1.19 bits per heavy atom. The van der Waals surface area contributed by atoms with E-state index in [1.807, 2.05) is 43.3 Å². The van der Waals surface area contributed by atoms with E-state index in [1.165, 1.54) is 0 Å². The van der Waals surface area contributed by atoms with Gasteiger partial charge in [-0.25, -0.2) is 0 Å². The molecule has 2 N–H and O–H groups in total. The van der Waals surface area contributed by atoms with Crippen LogP contribution in [0.5, 0.6) is 5.75 Å². The maximum absolute atomic E-state index is 12.3. The van der Waals surface area contributed by atoms with Gasteiger partial charge < -0.3 is 15.4 Å². The molecule has 0 aliphatic heterocycles. The zero-order valence-electron chi connectivity index (χ0n) is 12.4. The van der Waals surface area contributed by atoms with Gasteiger partial charge in [0.2, 0.25) is 0 Å². The summed E-state index contributed by atoms with van der Waals surface area (Å²) in [6.07, 6.45) is 0. The number of amides is 1. The first kappa shape index (κ1) is 14.9. The average molecular weight is 284 g/mol. The largest absolute Gasteiger partial charge is 0.492 e. The summed E-state index contributed by atoms with van der Waals surface area (Å²) in [7, 11) is 1.77. The van der Waals surface area contributed by atoms with Crippen LogP contribution in [0.25, 0.3) is 0 Å². The molecule has 0 aliphatic carbocycles. The van der Waals surface area contributed by atoms with Gasteiger partial charge in [0.25, 0.3) is 5.91 Å². The Morgan fingerprint density at radius 3 is 2.57 bits per heavy atom. The van der Waals surface area contributed by atoms with Crippen LogP contribution in [0.15, 0.2) is 48.5 Å². The van der Waals surface area contributed by atoms with Crippen molar-refractivity contribution in [1.29, 1.82) is 0 Å². The van der Waals surface area contributed by atoms with Gasteiger partial charge in [-0.1, -0.05) is 18.2 Å². The Bertz CT molecular complexity index is 611. The van der Waals surface area contributed by atoms with E-state index in [-0.39, 0.29) is 5.91 Å². The smallest absolute Gasteiger partial charge is 0.253 e. The number of ether oxygens (including phenoxy) is 1. The summed E-state index contributed by atoms with van der Waals surface area (Å²) >= 11 is 0. The number of hydrogen-bond acceptors (Lipinski definition) is 3. The summed E-state index contributed by atoms with van der Waals surface area (Å²) in [6, 6.07) is 14.9. The lowest BCUT2D eigenvalue weighted by Crippen LogP contribution is -2.31. The molecule has 21 heavy (non-hydrogen) atoms. The molecule has 2 aromatic carbocycles. The van der Waals surface area contributed by atoms with Crippen LogP contribution in [0.4, 0.5) is 5.69 Å². The summed E-state index contributed by atoms with van der Waals surface area (Å²) in [6.45, 7) is 2.87. The Hall–Kier alpha value is -2.49. The number of hydrogen-bond donors (Lipinski definition) is 1. The maximum atomic E-state index is 12.3. The molecule has 0 aromatic heterocycles. The molecule has 0 saturated heterocycles. The van der Waals surface area contributed by atoms with Gasteiger partial charge in [-0.3, -0.25) is 4.79 Å². The van der Waals surface area contributed by atoms with Crippen molar-refractivity contribution >= 4 is 11.6 Å². The van der Waals surface area contributed by atoms with Crippen LogP contribution in [-0.2, 0) is 0 Å². The quantitative estimate of drug-likeness (QED) is 0.859. The zero-order chi connectivity index (χ0) is 15.2. The van der Waals surface area contributed by atoms with E-state index in [0.717, 1.165) is 11.3 Å². The summed E-state index contributed by atoms with van der Waals surface area (Å²) in [5, 5.41) is 0. The minimum absolute atomic E-state index is 0.0239. The topological polar surface area (TPSA) is 55.6 Å². The van der Waals surface area contributed by atoms with Gasteiger partial charge in [0.1, 0.15) is 12.4 Å². The van der Waals surface area contributed by atoms with Crippen molar-refractivity contribution in [2.75, 3.05) is 25.9 Å². The molecular weight excluding hydrogens is 264 g/mol. The normalized spacial score (nSPS) is 10.2. The Morgan fingerprint density at radius 2 is 1.90 bits per heavy atom. The molecule has 0 spiro atoms. The minimum atomic E-state index is -0.0239. The fourth-order valence-corrected chi connectivity index (χ4v) is 2.05. The van der Waals surface area contributed by atoms with Crippen LogP contribution in [0.3, 0.4) is 0 Å². The van der Waals surface area contributed by atoms with Gasteiger partial charge in [-0.2, -0.15) is 0 Å². The highest BCUT2D eigenvalue weighted by atomic mass is 16.5. The van der Waals surface area contributed by atoms with Crippen molar-refractivity contribution in [3.05, 3.63) is 59.7 Å². The Kier molecular flexibility index (Phi) is 4.82. The van der Waals surface area contributed by atoms with Crippen LogP contribution in [-0.4, -0.2) is 31.0 Å². The molecule has 2 rings (SSSR count). The summed E-state index contributed by atoms with van der Waals surface area (Å²) < 4.78 is 5.60. The third kappa shape index (κ3) is 3.99. The number of nitrogen functional groups attached to an aromatic ring is 1. The number of carbonyl (C=O) groups is 1. The molecule has 110 valence electrons. The number of benzene rings is 2. The molecule has 0 fully saturated rings. The van der Waals surface area contributed by atoms with Gasteiger partial charge in [0, 0.05) is 18.3 Å². The molecule has 4 nitrogen and oxygen atoms in total. The first-order valence-electron chi connectivity index (χ1n) is 6.87. The van der Waals surface area contributed by atoms with Crippen LogP contribution in [0, 0.1) is 6.92 Å². The lowest BCUT2D eigenvalue weighted by atomic mass is 10.1. The van der Waals surface area contributed by atoms with E-state index in [0.29, 0.717) is 24.4 Å². The maximum Gasteiger partial charge on any atom is 0.253 e. The van der Waals surface area contributed by atoms with Crippen LogP contribution >= 0.6 is 0 Å². The molecule has 0 atom stereocenters. The molecule has 0 aliphatic rings. The second kappa shape index (κ2) is 6.79. The van der Waals surface area contributed by atoms with Crippen molar-refractivity contribution in [3.63, 3.8) is 0 Å². The van der Waals surface area contributed by atoms with Gasteiger partial charge in [0.05, 0.1) is 6.54 Å². The van der Waals surface area contributed by atoms with Gasteiger partial charge in [-0.05, 0) is 42.8 Å². The molecular formula is C17H20N2O2. The van der Waals surface area contributed by atoms with Crippen molar-refractivity contribution in [2.24, 2.45) is 0 Å². The van der Waals surface area contributed by atoms with E-state index in [4.69, 9.17) is 10.5 Å². The average Bonchev–Trinajstić information content (AvgIpc) is 2.47. The number of anilines is 1. The lowest BCUT2D eigenvalue weighted by Gasteiger charge is -2.18. The number of aryl methyl sites for hydroxylation is 1. The van der Waals surface area contributed by atoms with Crippen LogP contribution in [0.1, 0.15) is 15.9 Å². The number of para-hydroxylation sites is 1. The van der Waals surface area contributed by atoms with E-state index < -0.39 is 0 Å². The summed E-state index contributed by atoms with van der Waals surface area (Å²) in [4.78, 5) is 14.0. The van der Waals surface area contributed by atoms with E-state index >= 15 is 0 Å². The SMILES string of the molecule is Cc1cc(N)ccc1C(=O)N(C)CCOc1ccccc1. The van der Waals surface area contributed by atoms with E-state index in [2.05, 4.69) is 0 Å².